The van der Waals surface area contributed by atoms with Gasteiger partial charge in [0.2, 0.25) is 0 Å². The van der Waals surface area contributed by atoms with Crippen molar-refractivity contribution < 1.29 is 9.69 Å². The Labute approximate surface area is 134 Å². The predicted molar refractivity (Wildman–Crippen MR) is 88.7 cm³/mol. The third-order valence-corrected chi connectivity index (χ3v) is 5.57. The molecule has 2 fully saturated rings. The minimum atomic E-state index is 0.0973. The molecule has 1 amide bonds. The largest absolute Gasteiger partial charge is 0.345 e. The Morgan fingerprint density at radius 1 is 1.18 bits per heavy atom. The number of hydrogen-bond acceptors (Lipinski definition) is 1. The molecule has 1 saturated heterocycles. The second kappa shape index (κ2) is 7.28. The Bertz CT molecular complexity index is 485. The van der Waals surface area contributed by atoms with E-state index in [9.17, 15) is 4.79 Å². The van der Waals surface area contributed by atoms with Crippen LogP contribution in [0.4, 0.5) is 0 Å². The molecular formula is C19H29N2O+. The SMILES string of the molecule is C[C@@H](NC(=O)C[NH+]1CCC[C@H]2CCCC[C@@H]21)c1ccccc1. The molecule has 120 valence electrons. The maximum atomic E-state index is 12.4. The molecule has 3 rings (SSSR count). The van der Waals surface area contributed by atoms with Crippen molar-refractivity contribution in [1.82, 2.24) is 5.32 Å². The molecule has 1 aliphatic heterocycles. The topological polar surface area (TPSA) is 33.5 Å². The van der Waals surface area contributed by atoms with E-state index in [-0.39, 0.29) is 11.9 Å². The molecule has 3 heteroatoms. The van der Waals surface area contributed by atoms with Crippen molar-refractivity contribution in [1.29, 1.82) is 0 Å². The maximum Gasteiger partial charge on any atom is 0.275 e. The van der Waals surface area contributed by atoms with Gasteiger partial charge in [-0.2, -0.15) is 0 Å². The number of quaternary nitrogens is 1. The van der Waals surface area contributed by atoms with Crippen LogP contribution in [-0.2, 0) is 4.79 Å². The molecule has 1 saturated carbocycles. The van der Waals surface area contributed by atoms with Gasteiger partial charge in [0.1, 0.15) is 0 Å². The van der Waals surface area contributed by atoms with Crippen molar-refractivity contribution in [3.8, 4) is 0 Å². The smallest absolute Gasteiger partial charge is 0.275 e. The molecule has 1 unspecified atom stereocenters. The summed E-state index contributed by atoms with van der Waals surface area (Å²) in [6.07, 6.45) is 8.13. The number of nitrogens with one attached hydrogen (secondary N) is 2. The first-order valence-corrected chi connectivity index (χ1v) is 8.93. The summed E-state index contributed by atoms with van der Waals surface area (Å²) in [4.78, 5) is 14.0. The van der Waals surface area contributed by atoms with E-state index in [1.165, 1.54) is 55.5 Å². The standard InChI is InChI=1S/C19H28N2O/c1-15(16-8-3-2-4-9-16)20-19(22)14-21-13-7-11-17-10-5-6-12-18(17)21/h2-4,8-9,15,17-18H,5-7,10-14H2,1H3,(H,20,22)/p+1/t15-,17-,18+/m1/s1. The molecular weight excluding hydrogens is 272 g/mol. The van der Waals surface area contributed by atoms with Crippen molar-refractivity contribution in [2.24, 2.45) is 5.92 Å². The van der Waals surface area contributed by atoms with E-state index in [4.69, 9.17) is 0 Å². The highest BCUT2D eigenvalue weighted by molar-refractivity contribution is 5.77. The van der Waals surface area contributed by atoms with Gasteiger partial charge in [-0.15, -0.1) is 0 Å². The van der Waals surface area contributed by atoms with E-state index in [1.54, 1.807) is 0 Å². The molecule has 0 bridgehead atoms. The molecule has 2 N–H and O–H groups in total. The maximum absolute atomic E-state index is 12.4. The number of amides is 1. The monoisotopic (exact) mass is 301 g/mol. The van der Waals surface area contributed by atoms with Crippen LogP contribution in [0, 0.1) is 5.92 Å². The van der Waals surface area contributed by atoms with Crippen LogP contribution in [0.5, 0.6) is 0 Å². The van der Waals surface area contributed by atoms with Crippen LogP contribution >= 0.6 is 0 Å². The molecule has 1 aromatic rings. The van der Waals surface area contributed by atoms with E-state index in [0.29, 0.717) is 6.54 Å². The quantitative estimate of drug-likeness (QED) is 0.877. The Morgan fingerprint density at radius 2 is 1.91 bits per heavy atom. The van der Waals surface area contributed by atoms with Crippen molar-refractivity contribution in [2.45, 2.75) is 57.5 Å². The lowest BCUT2D eigenvalue weighted by Crippen LogP contribution is -3.18. The number of piperidine rings is 1. The third-order valence-electron chi connectivity index (χ3n) is 5.57. The summed E-state index contributed by atoms with van der Waals surface area (Å²) in [5.74, 6) is 1.08. The average Bonchev–Trinajstić information content (AvgIpc) is 2.56. The number of hydrogen-bond donors (Lipinski definition) is 2. The zero-order valence-corrected chi connectivity index (χ0v) is 13.7. The van der Waals surface area contributed by atoms with Gasteiger partial charge in [-0.25, -0.2) is 0 Å². The molecule has 1 aromatic carbocycles. The van der Waals surface area contributed by atoms with Crippen LogP contribution in [0.25, 0.3) is 0 Å². The van der Waals surface area contributed by atoms with Crippen molar-refractivity contribution in [3.63, 3.8) is 0 Å². The molecule has 22 heavy (non-hydrogen) atoms. The highest BCUT2D eigenvalue weighted by Crippen LogP contribution is 2.28. The first kappa shape index (κ1) is 15.5. The van der Waals surface area contributed by atoms with E-state index >= 15 is 0 Å². The van der Waals surface area contributed by atoms with Gasteiger partial charge < -0.3 is 10.2 Å². The van der Waals surface area contributed by atoms with Crippen LogP contribution < -0.4 is 10.2 Å². The second-order valence-corrected chi connectivity index (χ2v) is 7.08. The van der Waals surface area contributed by atoms with Gasteiger partial charge in [-0.1, -0.05) is 36.8 Å². The lowest BCUT2D eigenvalue weighted by Gasteiger charge is -2.40. The van der Waals surface area contributed by atoms with Crippen molar-refractivity contribution in [2.75, 3.05) is 13.1 Å². The van der Waals surface area contributed by atoms with Gasteiger partial charge >= 0.3 is 0 Å². The van der Waals surface area contributed by atoms with Crippen LogP contribution in [-0.4, -0.2) is 25.0 Å². The number of benzene rings is 1. The Kier molecular flexibility index (Phi) is 5.14. The summed E-state index contributed by atoms with van der Waals surface area (Å²) in [7, 11) is 0. The van der Waals surface area contributed by atoms with Gasteiger partial charge in [-0.3, -0.25) is 4.79 Å². The van der Waals surface area contributed by atoms with Crippen LogP contribution in [0.15, 0.2) is 30.3 Å². The molecule has 3 nitrogen and oxygen atoms in total. The fourth-order valence-corrected chi connectivity index (χ4v) is 4.41. The molecule has 1 heterocycles. The molecule has 0 radical (unpaired) electrons. The first-order valence-electron chi connectivity index (χ1n) is 8.93. The Balaban J connectivity index is 1.54. The highest BCUT2D eigenvalue weighted by atomic mass is 16.2. The van der Waals surface area contributed by atoms with Crippen LogP contribution in [0.2, 0.25) is 0 Å². The minimum Gasteiger partial charge on any atom is -0.345 e. The summed E-state index contributed by atoms with van der Waals surface area (Å²) in [6, 6.07) is 11.1. The van der Waals surface area contributed by atoms with Gasteiger partial charge in [0, 0.05) is 5.92 Å². The van der Waals surface area contributed by atoms with Crippen molar-refractivity contribution >= 4 is 5.91 Å². The van der Waals surface area contributed by atoms with Gasteiger partial charge in [-0.05, 0) is 44.6 Å². The van der Waals surface area contributed by atoms with E-state index < -0.39 is 0 Å². The van der Waals surface area contributed by atoms with Crippen LogP contribution in [0.1, 0.15) is 57.1 Å². The predicted octanol–water partition coefficient (Wildman–Crippen LogP) is 2.10. The summed E-state index contributed by atoms with van der Waals surface area (Å²) >= 11 is 0. The summed E-state index contributed by atoms with van der Waals surface area (Å²) in [5.41, 5.74) is 1.18. The zero-order chi connectivity index (χ0) is 15.4. The van der Waals surface area contributed by atoms with Gasteiger partial charge in [0.15, 0.2) is 6.54 Å². The molecule has 2 aliphatic rings. The third kappa shape index (κ3) is 3.70. The number of carbonyl (C=O) groups is 1. The molecule has 1 aliphatic carbocycles. The molecule has 0 aromatic heterocycles. The number of carbonyl (C=O) groups excluding carboxylic acids is 1. The first-order chi connectivity index (χ1) is 10.7. The van der Waals surface area contributed by atoms with E-state index in [2.05, 4.69) is 24.4 Å². The number of fused-ring (bicyclic) bond motifs is 1. The summed E-state index contributed by atoms with van der Waals surface area (Å²) in [6.45, 7) is 3.90. The van der Waals surface area contributed by atoms with Gasteiger partial charge in [0.25, 0.3) is 5.91 Å². The zero-order valence-electron chi connectivity index (χ0n) is 13.7. The Hall–Kier alpha value is -1.35. The van der Waals surface area contributed by atoms with Crippen molar-refractivity contribution in [3.05, 3.63) is 35.9 Å². The van der Waals surface area contributed by atoms with Crippen LogP contribution in [0.3, 0.4) is 0 Å². The minimum absolute atomic E-state index is 0.0973. The van der Waals surface area contributed by atoms with E-state index in [1.807, 2.05) is 18.2 Å². The number of rotatable bonds is 4. The normalized spacial score (nSPS) is 29.4. The average molecular weight is 301 g/mol. The Morgan fingerprint density at radius 3 is 2.73 bits per heavy atom. The summed E-state index contributed by atoms with van der Waals surface area (Å²) in [5, 5.41) is 3.18. The fraction of sp³-hybridized carbons (Fsp3) is 0.632. The lowest BCUT2D eigenvalue weighted by atomic mass is 9.78. The fourth-order valence-electron chi connectivity index (χ4n) is 4.41. The molecule has 4 atom stereocenters. The second-order valence-electron chi connectivity index (χ2n) is 7.08. The molecule has 0 spiro atoms. The lowest BCUT2D eigenvalue weighted by molar-refractivity contribution is -0.928. The summed E-state index contributed by atoms with van der Waals surface area (Å²) < 4.78 is 0. The number of likely N-dealkylation sites (tertiary alicyclic amines) is 1. The van der Waals surface area contributed by atoms with E-state index in [0.717, 1.165) is 12.0 Å². The highest BCUT2D eigenvalue weighted by Gasteiger charge is 2.37. The van der Waals surface area contributed by atoms with Gasteiger partial charge in [0.05, 0.1) is 18.6 Å².